The Bertz CT molecular complexity index is 1470. The molecule has 0 amide bonds. The number of benzene rings is 5. The molecule has 0 saturated heterocycles. The second-order valence-corrected chi connectivity index (χ2v) is 8.95. The highest BCUT2D eigenvalue weighted by atomic mass is 16.3. The summed E-state index contributed by atoms with van der Waals surface area (Å²) < 4.78 is 0. The number of rotatable bonds is 2. The molecule has 2 aliphatic rings. The summed E-state index contributed by atoms with van der Waals surface area (Å²) in [5, 5.41) is 50.9. The Morgan fingerprint density at radius 2 is 0.829 bits per heavy atom. The monoisotopic (exact) mass is 462 g/mol. The molecule has 0 radical (unpaired) electrons. The molecule has 0 saturated carbocycles. The van der Waals surface area contributed by atoms with Crippen LogP contribution in [0.3, 0.4) is 0 Å². The molecular weight excluding hydrogens is 440 g/mol. The van der Waals surface area contributed by atoms with Crippen molar-refractivity contribution in [1.29, 1.82) is 0 Å². The zero-order valence-electron chi connectivity index (χ0n) is 18.5. The molecular formula is C28H22N4O3. The van der Waals surface area contributed by atoms with Gasteiger partial charge in [0, 0.05) is 39.6 Å². The van der Waals surface area contributed by atoms with E-state index in [-0.39, 0.29) is 28.4 Å². The highest BCUT2D eigenvalue weighted by Gasteiger charge is 2.32. The Morgan fingerprint density at radius 3 is 1.17 bits per heavy atom. The molecule has 0 spiro atoms. The van der Waals surface area contributed by atoms with E-state index in [1.807, 2.05) is 72.8 Å². The van der Waals surface area contributed by atoms with E-state index in [0.29, 0.717) is 0 Å². The highest BCUT2D eigenvalue weighted by molar-refractivity contribution is 6.06. The van der Waals surface area contributed by atoms with Gasteiger partial charge in [-0.25, -0.2) is 0 Å². The predicted molar refractivity (Wildman–Crippen MR) is 139 cm³/mol. The van der Waals surface area contributed by atoms with Crippen LogP contribution in [0.25, 0.3) is 21.5 Å². The van der Waals surface area contributed by atoms with Crippen molar-refractivity contribution in [2.75, 3.05) is 21.3 Å². The van der Waals surface area contributed by atoms with Crippen LogP contribution in [-0.2, 0) is 0 Å². The fourth-order valence-corrected chi connectivity index (χ4v) is 5.39. The van der Waals surface area contributed by atoms with Crippen LogP contribution in [-0.4, -0.2) is 15.3 Å². The second kappa shape index (κ2) is 7.11. The van der Waals surface area contributed by atoms with Crippen LogP contribution in [0, 0.1) is 0 Å². The van der Waals surface area contributed by atoms with Gasteiger partial charge in [0.2, 0.25) is 0 Å². The van der Waals surface area contributed by atoms with Gasteiger partial charge >= 0.3 is 0 Å². The van der Waals surface area contributed by atoms with Gasteiger partial charge in [-0.2, -0.15) is 0 Å². The fraction of sp³-hybridized carbons (Fsp3) is 0.0714. The Hall–Kier alpha value is -4.78. The fourth-order valence-electron chi connectivity index (χ4n) is 5.39. The number of hydrogen-bond donors (Lipinski definition) is 7. The van der Waals surface area contributed by atoms with Gasteiger partial charge in [-0.1, -0.05) is 48.5 Å². The lowest BCUT2D eigenvalue weighted by Crippen LogP contribution is -2.26. The van der Waals surface area contributed by atoms with Crippen molar-refractivity contribution in [3.05, 3.63) is 90.0 Å². The Balaban J connectivity index is 1.33. The Labute approximate surface area is 200 Å². The van der Waals surface area contributed by atoms with Gasteiger partial charge in [0.05, 0.1) is 11.1 Å². The van der Waals surface area contributed by atoms with Gasteiger partial charge < -0.3 is 36.6 Å². The minimum atomic E-state index is -0.617. The van der Waals surface area contributed by atoms with Crippen LogP contribution in [0.15, 0.2) is 78.9 Å². The second-order valence-electron chi connectivity index (χ2n) is 8.95. The zero-order valence-corrected chi connectivity index (χ0v) is 18.5. The third-order valence-corrected chi connectivity index (χ3v) is 6.92. The van der Waals surface area contributed by atoms with Gasteiger partial charge in [-0.05, 0) is 35.0 Å². The van der Waals surface area contributed by atoms with Crippen molar-refractivity contribution in [1.82, 2.24) is 0 Å². The third kappa shape index (κ3) is 2.85. The molecule has 7 nitrogen and oxygen atoms in total. The third-order valence-electron chi connectivity index (χ3n) is 6.92. The van der Waals surface area contributed by atoms with Crippen LogP contribution < -0.4 is 21.3 Å². The first-order valence-electron chi connectivity index (χ1n) is 11.5. The molecule has 0 atom stereocenters. The summed E-state index contributed by atoms with van der Waals surface area (Å²) in [4.78, 5) is 0. The molecule has 7 N–H and O–H groups in total. The van der Waals surface area contributed by atoms with Gasteiger partial charge in [0.1, 0.15) is 29.6 Å². The zero-order chi connectivity index (χ0) is 23.7. The molecule has 35 heavy (non-hydrogen) atoms. The number of phenols is 3. The highest BCUT2D eigenvalue weighted by Crippen LogP contribution is 2.49. The van der Waals surface area contributed by atoms with E-state index in [2.05, 4.69) is 21.3 Å². The summed E-state index contributed by atoms with van der Waals surface area (Å²) in [6, 6.07) is 25.2. The summed E-state index contributed by atoms with van der Waals surface area (Å²) in [5.74, 6) is -0.618. The SMILES string of the molecule is Oc1cc(O)c(C2Nc3cccc4cccc(c34)N2)c(O)c1C1Nc2cccc3cccc(c23)N1. The summed E-state index contributed by atoms with van der Waals surface area (Å²) >= 11 is 0. The van der Waals surface area contributed by atoms with Crippen molar-refractivity contribution >= 4 is 44.3 Å². The lowest BCUT2D eigenvalue weighted by Gasteiger charge is -2.33. The average molecular weight is 463 g/mol. The van der Waals surface area contributed by atoms with Crippen LogP contribution in [0.1, 0.15) is 23.5 Å². The van der Waals surface area contributed by atoms with Gasteiger partial charge in [-0.3, -0.25) is 0 Å². The minimum absolute atomic E-state index is 0.199. The molecule has 0 fully saturated rings. The summed E-state index contributed by atoms with van der Waals surface area (Å²) in [6.45, 7) is 0. The maximum Gasteiger partial charge on any atom is 0.137 e. The van der Waals surface area contributed by atoms with Crippen LogP contribution >= 0.6 is 0 Å². The van der Waals surface area contributed by atoms with E-state index >= 15 is 0 Å². The molecule has 2 aliphatic heterocycles. The van der Waals surface area contributed by atoms with Gasteiger partial charge in [-0.15, -0.1) is 0 Å². The predicted octanol–water partition coefficient (Wildman–Crippen LogP) is 6.18. The molecule has 7 heteroatoms. The molecule has 172 valence electrons. The molecule has 0 aliphatic carbocycles. The lowest BCUT2D eigenvalue weighted by molar-refractivity contribution is 0.406. The van der Waals surface area contributed by atoms with Crippen LogP contribution in [0.2, 0.25) is 0 Å². The number of nitrogens with one attached hydrogen (secondary N) is 4. The molecule has 0 bridgehead atoms. The van der Waals surface area contributed by atoms with E-state index in [4.69, 9.17) is 0 Å². The molecule has 7 rings (SSSR count). The lowest BCUT2D eigenvalue weighted by atomic mass is 9.96. The number of hydrogen-bond acceptors (Lipinski definition) is 7. The topological polar surface area (TPSA) is 109 Å². The standard InChI is InChI=1S/C28H22N4O3/c33-20-13-21(34)25(28-31-18-11-3-7-15-8-4-12-19(32-28)23(15)18)26(35)24(20)27-29-16-9-1-5-14-6-2-10-17(30-27)22(14)16/h1-13,27-35H. The van der Waals surface area contributed by atoms with Crippen molar-refractivity contribution < 1.29 is 15.3 Å². The first-order chi connectivity index (χ1) is 17.1. The van der Waals surface area contributed by atoms with Crippen molar-refractivity contribution in [2.24, 2.45) is 0 Å². The average Bonchev–Trinajstić information content (AvgIpc) is 2.84. The maximum atomic E-state index is 11.5. The maximum absolute atomic E-state index is 11.5. The minimum Gasteiger partial charge on any atom is -0.507 e. The van der Waals surface area contributed by atoms with Crippen molar-refractivity contribution in [3.63, 3.8) is 0 Å². The first kappa shape index (κ1) is 19.7. The number of anilines is 4. The quantitative estimate of drug-likeness (QED) is 0.168. The molecule has 0 unspecified atom stereocenters. The first-order valence-corrected chi connectivity index (χ1v) is 11.5. The van der Waals surface area contributed by atoms with E-state index in [1.54, 1.807) is 0 Å². The van der Waals surface area contributed by atoms with Crippen molar-refractivity contribution in [2.45, 2.75) is 12.3 Å². The van der Waals surface area contributed by atoms with E-state index in [1.165, 1.54) is 6.07 Å². The van der Waals surface area contributed by atoms with E-state index in [0.717, 1.165) is 44.3 Å². The molecule has 5 aromatic rings. The molecule has 0 aromatic heterocycles. The summed E-state index contributed by atoms with van der Waals surface area (Å²) in [7, 11) is 0. The van der Waals surface area contributed by atoms with Crippen LogP contribution in [0.5, 0.6) is 17.2 Å². The van der Waals surface area contributed by atoms with Crippen molar-refractivity contribution in [3.8, 4) is 17.2 Å². The summed E-state index contributed by atoms with van der Waals surface area (Å²) in [6.07, 6.45) is -1.23. The smallest absolute Gasteiger partial charge is 0.137 e. The van der Waals surface area contributed by atoms with Crippen LogP contribution in [0.4, 0.5) is 22.7 Å². The summed E-state index contributed by atoms with van der Waals surface area (Å²) in [5.41, 5.74) is 4.08. The number of phenolic OH excluding ortho intramolecular Hbond substituents is 3. The van der Waals surface area contributed by atoms with Gasteiger partial charge in [0.25, 0.3) is 0 Å². The van der Waals surface area contributed by atoms with E-state index in [9.17, 15) is 15.3 Å². The molecule has 5 aromatic carbocycles. The molecule has 2 heterocycles. The Morgan fingerprint density at radius 1 is 0.486 bits per heavy atom. The van der Waals surface area contributed by atoms with E-state index < -0.39 is 12.3 Å². The largest absolute Gasteiger partial charge is 0.507 e. The van der Waals surface area contributed by atoms with Gasteiger partial charge in [0.15, 0.2) is 0 Å². The normalized spacial score (nSPS) is 14.7. The Kier molecular flexibility index (Phi) is 3.99. The number of aromatic hydroxyl groups is 3.